The number of aromatic nitrogens is 1. The van der Waals surface area contributed by atoms with Crippen molar-refractivity contribution in [2.75, 3.05) is 12.4 Å². The zero-order valence-electron chi connectivity index (χ0n) is 10.2. The molecule has 1 aromatic heterocycles. The molecule has 1 saturated carbocycles. The third-order valence-corrected chi connectivity index (χ3v) is 2.89. The Bertz CT molecular complexity index is 511. The molecule has 0 aliphatic heterocycles. The number of alkyl halides is 2. The highest BCUT2D eigenvalue weighted by Crippen LogP contribution is 2.42. The Balaban J connectivity index is 2.00. The van der Waals surface area contributed by atoms with Gasteiger partial charge in [0.1, 0.15) is 5.82 Å². The summed E-state index contributed by atoms with van der Waals surface area (Å²) in [5.74, 6) is -4.39. The number of carbonyl (C=O) groups excluding carboxylic acids is 2. The minimum atomic E-state index is -2.75. The van der Waals surface area contributed by atoms with Crippen molar-refractivity contribution in [1.29, 1.82) is 0 Å². The second-order valence-electron chi connectivity index (χ2n) is 4.37. The van der Waals surface area contributed by atoms with Crippen LogP contribution in [0.5, 0.6) is 0 Å². The molecule has 2 rings (SSSR count). The molecule has 102 valence electrons. The Hall–Kier alpha value is -2.05. The molecule has 7 heteroatoms. The number of hydrogen-bond acceptors (Lipinski definition) is 4. The molecule has 0 aromatic carbocycles. The summed E-state index contributed by atoms with van der Waals surface area (Å²) in [5, 5.41) is 2.41. The number of halogens is 2. The number of methoxy groups -OCH3 is 1. The molecular weight excluding hydrogens is 258 g/mol. The van der Waals surface area contributed by atoms with Crippen LogP contribution in [-0.4, -0.2) is 29.9 Å². The first-order valence-electron chi connectivity index (χ1n) is 5.64. The molecule has 0 spiro atoms. The van der Waals surface area contributed by atoms with Crippen molar-refractivity contribution in [3.63, 3.8) is 0 Å². The molecular formula is C12H12F2N2O3. The summed E-state index contributed by atoms with van der Waals surface area (Å²) >= 11 is 0. The predicted octanol–water partition coefficient (Wildman–Crippen LogP) is 1.85. The van der Waals surface area contributed by atoms with E-state index in [2.05, 4.69) is 15.0 Å². The Kier molecular flexibility index (Phi) is 3.46. The number of esters is 1. The van der Waals surface area contributed by atoms with E-state index in [9.17, 15) is 18.4 Å². The van der Waals surface area contributed by atoms with Gasteiger partial charge in [0.25, 0.3) is 0 Å². The number of nitrogens with zero attached hydrogens (tertiary/aromatic N) is 1. The van der Waals surface area contributed by atoms with Crippen molar-refractivity contribution < 1.29 is 23.1 Å². The fraction of sp³-hybridized carbons (Fsp3) is 0.417. The van der Waals surface area contributed by atoms with Gasteiger partial charge in [0.15, 0.2) is 0 Å². The van der Waals surface area contributed by atoms with Crippen LogP contribution in [0.1, 0.15) is 23.2 Å². The lowest BCUT2D eigenvalue weighted by Gasteiger charge is -2.33. The van der Waals surface area contributed by atoms with Gasteiger partial charge in [0, 0.05) is 25.0 Å². The number of nitrogens with one attached hydrogen (secondary N) is 1. The van der Waals surface area contributed by atoms with E-state index in [0.717, 1.165) is 0 Å². The molecule has 5 nitrogen and oxygen atoms in total. The first kappa shape index (κ1) is 13.4. The fourth-order valence-corrected chi connectivity index (χ4v) is 1.82. The minimum absolute atomic E-state index is 0.142. The summed E-state index contributed by atoms with van der Waals surface area (Å²) in [6.07, 6.45) is 0.433. The van der Waals surface area contributed by atoms with Crippen LogP contribution in [0.3, 0.4) is 0 Å². The molecule has 0 unspecified atom stereocenters. The minimum Gasteiger partial charge on any atom is -0.465 e. The average Bonchev–Trinajstić information content (AvgIpc) is 2.35. The van der Waals surface area contributed by atoms with Gasteiger partial charge in [-0.3, -0.25) is 4.79 Å². The van der Waals surface area contributed by atoms with Crippen LogP contribution in [0.25, 0.3) is 0 Å². The highest BCUT2D eigenvalue weighted by molar-refractivity contribution is 5.94. The molecule has 1 aliphatic rings. The first-order valence-corrected chi connectivity index (χ1v) is 5.64. The Morgan fingerprint density at radius 1 is 1.47 bits per heavy atom. The molecule has 19 heavy (non-hydrogen) atoms. The van der Waals surface area contributed by atoms with E-state index >= 15 is 0 Å². The summed E-state index contributed by atoms with van der Waals surface area (Å²) in [6, 6.07) is 2.76. The summed E-state index contributed by atoms with van der Waals surface area (Å²) in [6.45, 7) is 0. The topological polar surface area (TPSA) is 68.3 Å². The Labute approximate surface area is 108 Å². The quantitative estimate of drug-likeness (QED) is 0.851. The molecule has 0 saturated heterocycles. The van der Waals surface area contributed by atoms with Crippen molar-refractivity contribution in [3.05, 3.63) is 23.9 Å². The number of carbonyl (C=O) groups is 2. The highest BCUT2D eigenvalue weighted by Gasteiger charge is 2.48. The maximum atomic E-state index is 12.6. The van der Waals surface area contributed by atoms with Crippen LogP contribution in [0.4, 0.5) is 14.6 Å². The van der Waals surface area contributed by atoms with E-state index < -0.39 is 36.6 Å². The van der Waals surface area contributed by atoms with Gasteiger partial charge in [-0.2, -0.15) is 0 Å². The van der Waals surface area contributed by atoms with Gasteiger partial charge < -0.3 is 10.1 Å². The van der Waals surface area contributed by atoms with Crippen LogP contribution < -0.4 is 5.32 Å². The Morgan fingerprint density at radius 2 is 2.16 bits per heavy atom. The predicted molar refractivity (Wildman–Crippen MR) is 61.9 cm³/mol. The van der Waals surface area contributed by atoms with E-state index in [4.69, 9.17) is 0 Å². The second kappa shape index (κ2) is 4.91. The Morgan fingerprint density at radius 3 is 2.74 bits per heavy atom. The average molecular weight is 270 g/mol. The third kappa shape index (κ3) is 3.04. The van der Waals surface area contributed by atoms with Crippen LogP contribution in [0, 0.1) is 5.92 Å². The maximum absolute atomic E-state index is 12.6. The summed E-state index contributed by atoms with van der Waals surface area (Å²) < 4.78 is 29.8. The van der Waals surface area contributed by atoms with Gasteiger partial charge in [-0.05, 0) is 12.1 Å². The number of ether oxygens (including phenoxy) is 1. The van der Waals surface area contributed by atoms with Crippen molar-refractivity contribution in [2.24, 2.45) is 5.92 Å². The molecule has 1 aliphatic carbocycles. The van der Waals surface area contributed by atoms with Crippen LogP contribution in [-0.2, 0) is 9.53 Å². The zero-order chi connectivity index (χ0) is 14.0. The van der Waals surface area contributed by atoms with E-state index in [0.29, 0.717) is 0 Å². The maximum Gasteiger partial charge on any atom is 0.338 e. The lowest BCUT2D eigenvalue weighted by molar-refractivity contribution is -0.145. The van der Waals surface area contributed by atoms with E-state index in [1.54, 1.807) is 0 Å². The number of amides is 1. The lowest BCUT2D eigenvalue weighted by Crippen LogP contribution is -2.42. The monoisotopic (exact) mass is 270 g/mol. The zero-order valence-corrected chi connectivity index (χ0v) is 10.2. The largest absolute Gasteiger partial charge is 0.465 e. The van der Waals surface area contributed by atoms with Gasteiger partial charge in [0.05, 0.1) is 12.7 Å². The lowest BCUT2D eigenvalue weighted by atomic mass is 9.81. The van der Waals surface area contributed by atoms with Crippen molar-refractivity contribution >= 4 is 17.7 Å². The molecule has 1 amide bonds. The normalized spacial score (nSPS) is 17.4. The van der Waals surface area contributed by atoms with Gasteiger partial charge >= 0.3 is 5.97 Å². The molecule has 1 N–H and O–H groups in total. The van der Waals surface area contributed by atoms with Gasteiger partial charge in [-0.25, -0.2) is 18.6 Å². The van der Waals surface area contributed by atoms with E-state index in [1.165, 1.54) is 25.4 Å². The first-order chi connectivity index (χ1) is 8.91. The molecule has 0 bridgehead atoms. The number of pyridine rings is 1. The molecule has 1 aromatic rings. The molecule has 0 atom stereocenters. The smallest absolute Gasteiger partial charge is 0.338 e. The van der Waals surface area contributed by atoms with Crippen molar-refractivity contribution in [2.45, 2.75) is 18.8 Å². The van der Waals surface area contributed by atoms with Gasteiger partial charge in [-0.1, -0.05) is 0 Å². The van der Waals surface area contributed by atoms with Crippen LogP contribution >= 0.6 is 0 Å². The van der Waals surface area contributed by atoms with E-state index in [1.807, 2.05) is 0 Å². The van der Waals surface area contributed by atoms with Crippen molar-refractivity contribution in [3.8, 4) is 0 Å². The summed E-state index contributed by atoms with van der Waals surface area (Å²) in [4.78, 5) is 26.8. The summed E-state index contributed by atoms with van der Waals surface area (Å²) in [7, 11) is 1.23. The van der Waals surface area contributed by atoms with Crippen LogP contribution in [0.2, 0.25) is 0 Å². The highest BCUT2D eigenvalue weighted by atomic mass is 19.3. The van der Waals surface area contributed by atoms with Gasteiger partial charge in [-0.15, -0.1) is 0 Å². The van der Waals surface area contributed by atoms with Crippen molar-refractivity contribution in [1.82, 2.24) is 4.98 Å². The fourth-order valence-electron chi connectivity index (χ4n) is 1.82. The second-order valence-corrected chi connectivity index (χ2v) is 4.37. The summed E-state index contributed by atoms with van der Waals surface area (Å²) in [5.41, 5.74) is 0.228. The van der Waals surface area contributed by atoms with Gasteiger partial charge in [0.2, 0.25) is 11.8 Å². The molecule has 1 heterocycles. The number of rotatable bonds is 3. The SMILES string of the molecule is COC(=O)c1ccnc(NC(=O)C2CC(F)(F)C2)c1. The molecule has 1 fully saturated rings. The number of hydrogen-bond donors (Lipinski definition) is 1. The van der Waals surface area contributed by atoms with E-state index in [-0.39, 0.29) is 11.4 Å². The standard InChI is InChI=1S/C12H12F2N2O3/c1-19-11(18)7-2-3-15-9(4-7)16-10(17)8-5-12(13,14)6-8/h2-4,8H,5-6H2,1H3,(H,15,16,17). The third-order valence-electron chi connectivity index (χ3n) is 2.89. The number of anilines is 1. The van der Waals surface area contributed by atoms with Crippen LogP contribution in [0.15, 0.2) is 18.3 Å². The molecule has 0 radical (unpaired) electrons.